The minimum Gasteiger partial charge on any atom is -0.478 e. The molecule has 0 amide bonds. The van der Waals surface area contributed by atoms with E-state index in [4.69, 9.17) is 9.84 Å². The fourth-order valence-electron chi connectivity index (χ4n) is 1.69. The van der Waals surface area contributed by atoms with Gasteiger partial charge in [-0.05, 0) is 24.3 Å². The van der Waals surface area contributed by atoms with Crippen molar-refractivity contribution in [2.75, 3.05) is 6.61 Å². The number of rotatable bonds is 3. The SMILES string of the molecule is O=C(O)c1ccc(S[C@@H]2OC[C@@H](O)[C@H](O)[C@H]2O)cc1.[MgH2]. The molecule has 4 N–H and O–H groups in total. The van der Waals surface area contributed by atoms with Gasteiger partial charge in [-0.3, -0.25) is 0 Å². The summed E-state index contributed by atoms with van der Waals surface area (Å²) in [7, 11) is 0. The van der Waals surface area contributed by atoms with Gasteiger partial charge < -0.3 is 25.2 Å². The van der Waals surface area contributed by atoms with Crippen LogP contribution in [0.4, 0.5) is 0 Å². The number of carboxylic acid groups (broad SMARTS) is 1. The number of aliphatic hydroxyl groups excluding tert-OH is 3. The van der Waals surface area contributed by atoms with Crippen LogP contribution in [0.5, 0.6) is 0 Å². The van der Waals surface area contributed by atoms with E-state index in [0.717, 1.165) is 11.8 Å². The molecule has 0 aromatic heterocycles. The first-order valence-corrected chi connectivity index (χ1v) is 6.53. The van der Waals surface area contributed by atoms with Gasteiger partial charge in [-0.15, -0.1) is 0 Å². The number of carboxylic acids is 1. The van der Waals surface area contributed by atoms with E-state index in [9.17, 15) is 20.1 Å². The molecule has 1 saturated heterocycles. The minimum absolute atomic E-state index is 0. The molecule has 0 saturated carbocycles. The number of benzene rings is 1. The van der Waals surface area contributed by atoms with E-state index in [0.29, 0.717) is 4.90 Å². The van der Waals surface area contributed by atoms with E-state index in [1.807, 2.05) is 0 Å². The highest BCUT2D eigenvalue weighted by Gasteiger charge is 2.37. The third-order valence-electron chi connectivity index (χ3n) is 2.81. The van der Waals surface area contributed by atoms with Gasteiger partial charge in [0.05, 0.1) is 12.2 Å². The molecule has 1 aromatic carbocycles. The summed E-state index contributed by atoms with van der Waals surface area (Å²) in [5, 5.41) is 37.4. The zero-order valence-electron chi connectivity index (χ0n) is 9.84. The molecule has 4 atom stereocenters. The lowest BCUT2D eigenvalue weighted by Gasteiger charge is -2.34. The predicted octanol–water partition coefficient (Wildman–Crippen LogP) is -1.00. The maximum Gasteiger partial charge on any atom is 0.335 e. The van der Waals surface area contributed by atoms with Crippen molar-refractivity contribution in [2.24, 2.45) is 0 Å². The quantitative estimate of drug-likeness (QED) is 0.530. The number of carbonyl (C=O) groups is 1. The molecule has 20 heavy (non-hydrogen) atoms. The molecule has 0 spiro atoms. The monoisotopic (exact) mass is 312 g/mol. The number of aromatic carboxylic acids is 1. The topological polar surface area (TPSA) is 107 Å². The molecule has 1 aliphatic rings. The molecule has 1 fully saturated rings. The smallest absolute Gasteiger partial charge is 0.335 e. The van der Waals surface area contributed by atoms with E-state index < -0.39 is 29.7 Å². The average Bonchev–Trinajstić information content (AvgIpc) is 2.40. The number of hydrogen-bond donors (Lipinski definition) is 4. The fraction of sp³-hybridized carbons (Fsp3) is 0.417. The Balaban J connectivity index is 0.00000200. The number of hydrogen-bond acceptors (Lipinski definition) is 6. The Kier molecular flexibility index (Phi) is 6.72. The van der Waals surface area contributed by atoms with Crippen LogP contribution in [0.15, 0.2) is 29.2 Å². The molecule has 1 aromatic rings. The lowest BCUT2D eigenvalue weighted by Crippen LogP contribution is -2.51. The fourth-order valence-corrected chi connectivity index (χ4v) is 2.70. The Morgan fingerprint density at radius 1 is 1.15 bits per heavy atom. The molecular formula is C12H16MgO6S. The summed E-state index contributed by atoms with van der Waals surface area (Å²) in [5.74, 6) is -1.01. The number of thioether (sulfide) groups is 1. The molecule has 2 rings (SSSR count). The van der Waals surface area contributed by atoms with Crippen molar-refractivity contribution in [1.29, 1.82) is 0 Å². The summed E-state index contributed by atoms with van der Waals surface area (Å²) in [6.45, 7) is -0.0525. The van der Waals surface area contributed by atoms with Crippen molar-refractivity contribution in [1.82, 2.24) is 0 Å². The first-order chi connectivity index (χ1) is 8.99. The van der Waals surface area contributed by atoms with Gasteiger partial charge in [-0.1, -0.05) is 11.8 Å². The molecule has 8 heteroatoms. The molecule has 0 aliphatic carbocycles. The molecule has 0 bridgehead atoms. The first-order valence-electron chi connectivity index (χ1n) is 5.65. The van der Waals surface area contributed by atoms with Crippen molar-refractivity contribution >= 4 is 40.8 Å². The van der Waals surface area contributed by atoms with E-state index in [1.54, 1.807) is 12.1 Å². The summed E-state index contributed by atoms with van der Waals surface area (Å²) < 4.78 is 5.24. The van der Waals surface area contributed by atoms with Crippen molar-refractivity contribution in [3.63, 3.8) is 0 Å². The van der Waals surface area contributed by atoms with Crippen molar-refractivity contribution in [2.45, 2.75) is 28.6 Å². The minimum atomic E-state index is -1.25. The van der Waals surface area contributed by atoms with Gasteiger partial charge in [-0.25, -0.2) is 4.79 Å². The highest BCUT2D eigenvalue weighted by Crippen LogP contribution is 2.31. The van der Waals surface area contributed by atoms with Crippen LogP contribution >= 0.6 is 11.8 Å². The lowest BCUT2D eigenvalue weighted by atomic mass is 10.1. The van der Waals surface area contributed by atoms with Crippen LogP contribution < -0.4 is 0 Å². The molecule has 1 aliphatic heterocycles. The summed E-state index contributed by atoms with van der Waals surface area (Å²) >= 11 is 1.16. The maximum absolute atomic E-state index is 10.7. The number of ether oxygens (including phenoxy) is 1. The van der Waals surface area contributed by atoms with Gasteiger partial charge in [0, 0.05) is 4.90 Å². The van der Waals surface area contributed by atoms with Crippen molar-refractivity contribution in [3.8, 4) is 0 Å². The summed E-state index contributed by atoms with van der Waals surface area (Å²) in [4.78, 5) is 11.4. The van der Waals surface area contributed by atoms with Crippen LogP contribution in [0.3, 0.4) is 0 Å². The van der Waals surface area contributed by atoms with E-state index in [1.165, 1.54) is 12.1 Å². The zero-order chi connectivity index (χ0) is 14.0. The maximum atomic E-state index is 10.7. The second kappa shape index (κ2) is 7.60. The molecule has 0 radical (unpaired) electrons. The van der Waals surface area contributed by atoms with Crippen LogP contribution in [-0.2, 0) is 4.74 Å². The highest BCUT2D eigenvalue weighted by molar-refractivity contribution is 7.99. The van der Waals surface area contributed by atoms with Crippen LogP contribution in [0, 0.1) is 0 Å². The van der Waals surface area contributed by atoms with E-state index >= 15 is 0 Å². The Morgan fingerprint density at radius 2 is 1.75 bits per heavy atom. The molecule has 6 nitrogen and oxygen atoms in total. The predicted molar refractivity (Wildman–Crippen MR) is 75.6 cm³/mol. The van der Waals surface area contributed by atoms with Gasteiger partial charge in [0.15, 0.2) is 0 Å². The average molecular weight is 313 g/mol. The Bertz CT molecular complexity index is 454. The van der Waals surface area contributed by atoms with E-state index in [2.05, 4.69) is 0 Å². The van der Waals surface area contributed by atoms with Crippen LogP contribution in [0.25, 0.3) is 0 Å². The molecule has 108 valence electrons. The second-order valence-corrected chi connectivity index (χ2v) is 5.37. The zero-order valence-corrected chi connectivity index (χ0v) is 10.7. The van der Waals surface area contributed by atoms with Crippen LogP contribution in [0.2, 0.25) is 0 Å². The normalized spacial score (nSPS) is 29.6. The highest BCUT2D eigenvalue weighted by atomic mass is 32.2. The summed E-state index contributed by atoms with van der Waals surface area (Å²) in [6.07, 6.45) is -3.54. The largest absolute Gasteiger partial charge is 0.478 e. The molecule has 1 heterocycles. The Labute approximate surface area is 135 Å². The Hall–Kier alpha value is -0.354. The molecule has 0 unspecified atom stereocenters. The van der Waals surface area contributed by atoms with E-state index in [-0.39, 0.29) is 35.2 Å². The van der Waals surface area contributed by atoms with Crippen LogP contribution in [0.1, 0.15) is 10.4 Å². The summed E-state index contributed by atoms with van der Waals surface area (Å²) in [6, 6.07) is 6.10. The van der Waals surface area contributed by atoms with Gasteiger partial charge in [-0.2, -0.15) is 0 Å². The van der Waals surface area contributed by atoms with Crippen molar-refractivity contribution < 1.29 is 30.0 Å². The van der Waals surface area contributed by atoms with Gasteiger partial charge in [0.1, 0.15) is 23.7 Å². The summed E-state index contributed by atoms with van der Waals surface area (Å²) in [5.41, 5.74) is -0.529. The first kappa shape index (κ1) is 17.7. The Morgan fingerprint density at radius 3 is 2.30 bits per heavy atom. The molecular weight excluding hydrogens is 296 g/mol. The van der Waals surface area contributed by atoms with Gasteiger partial charge >= 0.3 is 29.0 Å². The standard InChI is InChI=1S/C12H14O6S.Mg.2H/c13-8-5-18-12(10(15)9(8)14)19-7-3-1-6(2-4-7)11(16)17;;;/h1-4,8-10,12-15H,5H2,(H,16,17);;;/t8-,9+,10-,12+;;;/m1.../s1. The van der Waals surface area contributed by atoms with Gasteiger partial charge in [0.25, 0.3) is 0 Å². The van der Waals surface area contributed by atoms with Crippen LogP contribution in [-0.4, -0.2) is 79.8 Å². The lowest BCUT2D eigenvalue weighted by molar-refractivity contribution is -0.161. The second-order valence-electron chi connectivity index (χ2n) is 4.20. The van der Waals surface area contributed by atoms with Gasteiger partial charge in [0.2, 0.25) is 0 Å². The third-order valence-corrected chi connectivity index (χ3v) is 4.00. The third kappa shape index (κ3) is 4.07. The van der Waals surface area contributed by atoms with Crippen molar-refractivity contribution in [3.05, 3.63) is 29.8 Å². The number of aliphatic hydroxyl groups is 3.